The van der Waals surface area contributed by atoms with Crippen LogP contribution in [0.5, 0.6) is 0 Å². The Labute approximate surface area is 120 Å². The number of rotatable bonds is 2. The minimum atomic E-state index is 0.618. The van der Waals surface area contributed by atoms with Crippen LogP contribution >= 0.6 is 27.5 Å². The minimum absolute atomic E-state index is 0.618. The molecule has 1 heterocycles. The maximum atomic E-state index is 6.10. The van der Waals surface area contributed by atoms with E-state index in [4.69, 9.17) is 11.6 Å². The van der Waals surface area contributed by atoms with Gasteiger partial charge in [0.25, 0.3) is 0 Å². The van der Waals surface area contributed by atoms with Crippen LogP contribution in [0.15, 0.2) is 22.8 Å². The number of anilines is 1. The number of nitrogens with one attached hydrogen (secondary N) is 2. The van der Waals surface area contributed by atoms with Gasteiger partial charge >= 0.3 is 0 Å². The van der Waals surface area contributed by atoms with Gasteiger partial charge in [-0.1, -0.05) is 30.9 Å². The van der Waals surface area contributed by atoms with Crippen molar-refractivity contribution in [2.24, 2.45) is 0 Å². The van der Waals surface area contributed by atoms with Crippen LogP contribution in [0, 0.1) is 0 Å². The molecule has 1 aliphatic rings. The van der Waals surface area contributed by atoms with Crippen LogP contribution in [0.4, 0.5) is 5.69 Å². The highest BCUT2D eigenvalue weighted by molar-refractivity contribution is 9.10. The smallest absolute Gasteiger partial charge is 0.0600 e. The molecule has 2 N–H and O–H groups in total. The number of aromatic nitrogens is 1. The van der Waals surface area contributed by atoms with Crippen LogP contribution in [-0.2, 0) is 0 Å². The van der Waals surface area contributed by atoms with Gasteiger partial charge in [-0.05, 0) is 40.9 Å². The summed E-state index contributed by atoms with van der Waals surface area (Å²) in [6, 6.07) is 4.67. The number of H-pyrrole nitrogens is 1. The molecule has 1 aromatic carbocycles. The van der Waals surface area contributed by atoms with Crippen molar-refractivity contribution in [3.8, 4) is 0 Å². The van der Waals surface area contributed by atoms with Gasteiger partial charge in [-0.3, -0.25) is 0 Å². The van der Waals surface area contributed by atoms with E-state index in [9.17, 15) is 0 Å². The van der Waals surface area contributed by atoms with E-state index >= 15 is 0 Å². The normalized spacial score (nSPS) is 17.2. The third kappa shape index (κ3) is 2.39. The summed E-state index contributed by atoms with van der Waals surface area (Å²) in [7, 11) is 0. The average Bonchev–Trinajstić information content (AvgIpc) is 2.74. The summed E-state index contributed by atoms with van der Waals surface area (Å²) >= 11 is 9.59. The maximum Gasteiger partial charge on any atom is 0.0600 e. The lowest BCUT2D eigenvalue weighted by molar-refractivity contribution is 0.463. The van der Waals surface area contributed by atoms with E-state index < -0.39 is 0 Å². The van der Waals surface area contributed by atoms with E-state index in [-0.39, 0.29) is 0 Å². The van der Waals surface area contributed by atoms with Crippen molar-refractivity contribution in [1.82, 2.24) is 4.98 Å². The Kier molecular flexibility index (Phi) is 3.53. The SMILES string of the molecule is Clc1cc2[nH]cc(NC3CCCCC3)c2cc1Br. The predicted octanol–water partition coefficient (Wildman–Crippen LogP) is 5.33. The first-order chi connectivity index (χ1) is 8.74. The molecule has 0 saturated heterocycles. The molecule has 3 rings (SSSR count). The van der Waals surface area contributed by atoms with Gasteiger partial charge in [-0.2, -0.15) is 0 Å². The molecule has 0 amide bonds. The molecule has 96 valence electrons. The number of fused-ring (bicyclic) bond motifs is 1. The van der Waals surface area contributed by atoms with E-state index in [1.165, 1.54) is 43.2 Å². The van der Waals surface area contributed by atoms with Gasteiger partial charge in [0.1, 0.15) is 0 Å². The van der Waals surface area contributed by atoms with Crippen molar-refractivity contribution in [1.29, 1.82) is 0 Å². The van der Waals surface area contributed by atoms with Gasteiger partial charge in [0.2, 0.25) is 0 Å². The van der Waals surface area contributed by atoms with Crippen molar-refractivity contribution in [3.05, 3.63) is 27.8 Å². The molecule has 1 fully saturated rings. The molecule has 2 aromatic rings. The van der Waals surface area contributed by atoms with Gasteiger partial charge < -0.3 is 10.3 Å². The standard InChI is InChI=1S/C14H16BrClN2/c15-11-6-10-13(7-12(11)16)17-8-14(10)18-9-4-2-1-3-5-9/h6-9,17-18H,1-5H2. The topological polar surface area (TPSA) is 27.8 Å². The van der Waals surface area contributed by atoms with Crippen LogP contribution in [0.2, 0.25) is 5.02 Å². The fraction of sp³-hybridized carbons (Fsp3) is 0.429. The highest BCUT2D eigenvalue weighted by Crippen LogP contribution is 2.33. The molecule has 0 bridgehead atoms. The predicted molar refractivity (Wildman–Crippen MR) is 81.5 cm³/mol. The highest BCUT2D eigenvalue weighted by Gasteiger charge is 2.15. The number of benzene rings is 1. The summed E-state index contributed by atoms with van der Waals surface area (Å²) in [6.07, 6.45) is 8.67. The quantitative estimate of drug-likeness (QED) is 0.766. The molecular formula is C14H16BrClN2. The van der Waals surface area contributed by atoms with Crippen molar-refractivity contribution in [2.45, 2.75) is 38.1 Å². The van der Waals surface area contributed by atoms with Gasteiger partial charge in [0.05, 0.1) is 10.7 Å². The van der Waals surface area contributed by atoms with Crippen molar-refractivity contribution < 1.29 is 0 Å². The largest absolute Gasteiger partial charge is 0.381 e. The highest BCUT2D eigenvalue weighted by atomic mass is 79.9. The first-order valence-corrected chi connectivity index (χ1v) is 7.64. The second-order valence-electron chi connectivity index (χ2n) is 4.99. The molecular weight excluding hydrogens is 312 g/mol. The fourth-order valence-corrected chi connectivity index (χ4v) is 3.21. The molecule has 0 aliphatic heterocycles. The summed E-state index contributed by atoms with van der Waals surface area (Å²) < 4.78 is 0.947. The molecule has 0 atom stereocenters. The third-order valence-corrected chi connectivity index (χ3v) is 4.88. The Balaban J connectivity index is 1.89. The molecule has 18 heavy (non-hydrogen) atoms. The second-order valence-corrected chi connectivity index (χ2v) is 6.26. The van der Waals surface area contributed by atoms with Crippen LogP contribution in [0.25, 0.3) is 10.9 Å². The van der Waals surface area contributed by atoms with Gasteiger partial charge in [-0.15, -0.1) is 0 Å². The minimum Gasteiger partial charge on any atom is -0.381 e. The molecule has 1 aliphatic carbocycles. The summed E-state index contributed by atoms with van der Waals surface area (Å²) in [5.74, 6) is 0. The summed E-state index contributed by atoms with van der Waals surface area (Å²) in [5, 5.41) is 5.60. The van der Waals surface area contributed by atoms with Gasteiger partial charge in [0.15, 0.2) is 0 Å². The molecule has 4 heteroatoms. The lowest BCUT2D eigenvalue weighted by atomic mass is 9.95. The van der Waals surface area contributed by atoms with Gasteiger partial charge in [0, 0.05) is 27.6 Å². The van der Waals surface area contributed by atoms with E-state index in [1.807, 2.05) is 12.3 Å². The van der Waals surface area contributed by atoms with Crippen molar-refractivity contribution >= 4 is 44.1 Å². The average molecular weight is 328 g/mol. The van der Waals surface area contributed by atoms with Crippen LogP contribution in [0.3, 0.4) is 0 Å². The summed E-state index contributed by atoms with van der Waals surface area (Å²) in [4.78, 5) is 3.28. The summed E-state index contributed by atoms with van der Waals surface area (Å²) in [6.45, 7) is 0. The van der Waals surface area contributed by atoms with Crippen LogP contribution in [-0.4, -0.2) is 11.0 Å². The Morgan fingerprint density at radius 3 is 2.78 bits per heavy atom. The number of hydrogen-bond donors (Lipinski definition) is 2. The first kappa shape index (κ1) is 12.4. The van der Waals surface area contributed by atoms with E-state index in [0.717, 1.165) is 15.0 Å². The number of aromatic amines is 1. The second kappa shape index (κ2) is 5.14. The first-order valence-electron chi connectivity index (χ1n) is 6.47. The zero-order chi connectivity index (χ0) is 12.5. The number of hydrogen-bond acceptors (Lipinski definition) is 1. The Bertz CT molecular complexity index is 558. The Morgan fingerprint density at radius 2 is 2.00 bits per heavy atom. The molecule has 2 nitrogen and oxygen atoms in total. The molecule has 1 aromatic heterocycles. The Hall–Kier alpha value is -0.670. The van der Waals surface area contributed by atoms with Crippen LogP contribution in [0.1, 0.15) is 32.1 Å². The lowest BCUT2D eigenvalue weighted by Crippen LogP contribution is -2.21. The zero-order valence-corrected chi connectivity index (χ0v) is 12.4. The monoisotopic (exact) mass is 326 g/mol. The zero-order valence-electron chi connectivity index (χ0n) is 10.1. The maximum absolute atomic E-state index is 6.10. The molecule has 0 spiro atoms. The number of halogens is 2. The fourth-order valence-electron chi connectivity index (χ4n) is 2.70. The van der Waals surface area contributed by atoms with E-state index in [0.29, 0.717) is 6.04 Å². The van der Waals surface area contributed by atoms with Crippen molar-refractivity contribution in [3.63, 3.8) is 0 Å². The van der Waals surface area contributed by atoms with E-state index in [2.05, 4.69) is 32.3 Å². The molecule has 1 saturated carbocycles. The summed E-state index contributed by atoms with van der Waals surface area (Å²) in [5.41, 5.74) is 2.27. The van der Waals surface area contributed by atoms with Crippen molar-refractivity contribution in [2.75, 3.05) is 5.32 Å². The molecule has 0 radical (unpaired) electrons. The third-order valence-electron chi connectivity index (χ3n) is 3.69. The van der Waals surface area contributed by atoms with Gasteiger partial charge in [-0.25, -0.2) is 0 Å². The van der Waals surface area contributed by atoms with Crippen LogP contribution < -0.4 is 5.32 Å². The Morgan fingerprint density at radius 1 is 1.22 bits per heavy atom. The molecule has 0 unspecified atom stereocenters. The van der Waals surface area contributed by atoms with E-state index in [1.54, 1.807) is 0 Å². The lowest BCUT2D eigenvalue weighted by Gasteiger charge is -2.23.